The first kappa shape index (κ1) is 12.6. The molecule has 3 nitrogen and oxygen atoms in total. The minimum Gasteiger partial charge on any atom is -0.460 e. The molecule has 0 aliphatic heterocycles. The number of Topliss-reactive ketones (excluding diaryl/α,β-unsaturated/α-hetero) is 1. The number of hydrogen-bond acceptors (Lipinski definition) is 3. The zero-order chi connectivity index (χ0) is 12.3. The van der Waals surface area contributed by atoms with E-state index < -0.39 is 17.6 Å². The third kappa shape index (κ3) is 2.58. The molecule has 0 fully saturated rings. The van der Waals surface area contributed by atoms with E-state index in [1.165, 1.54) is 13.0 Å². The smallest absolute Gasteiger partial charge is 0.379 e. The van der Waals surface area contributed by atoms with Gasteiger partial charge in [0.2, 0.25) is 0 Å². The molecule has 0 aliphatic carbocycles. The molecule has 1 aromatic carbocycles. The SMILES string of the molecule is CCOC(=O)C(=O)c1cc(F)c(C)cc1Cl. The van der Waals surface area contributed by atoms with E-state index in [1.54, 1.807) is 6.92 Å². The van der Waals surface area contributed by atoms with Crippen molar-refractivity contribution in [2.24, 2.45) is 0 Å². The lowest BCUT2D eigenvalue weighted by atomic mass is 10.1. The van der Waals surface area contributed by atoms with Gasteiger partial charge in [-0.05, 0) is 31.5 Å². The van der Waals surface area contributed by atoms with Crippen molar-refractivity contribution < 1.29 is 18.7 Å². The Labute approximate surface area is 97.2 Å². The zero-order valence-corrected chi connectivity index (χ0v) is 9.60. The fraction of sp³-hybridized carbons (Fsp3) is 0.273. The molecular formula is C11H10ClFO3. The lowest BCUT2D eigenvalue weighted by molar-refractivity contribution is -0.137. The molecule has 0 radical (unpaired) electrons. The van der Waals surface area contributed by atoms with Crippen LogP contribution in [0.2, 0.25) is 5.02 Å². The summed E-state index contributed by atoms with van der Waals surface area (Å²) in [4.78, 5) is 22.6. The second-order valence-corrected chi connectivity index (χ2v) is 3.54. The maximum Gasteiger partial charge on any atom is 0.379 e. The van der Waals surface area contributed by atoms with Crippen molar-refractivity contribution >= 4 is 23.4 Å². The number of hydrogen-bond donors (Lipinski definition) is 0. The molecule has 0 atom stereocenters. The van der Waals surface area contributed by atoms with E-state index in [0.29, 0.717) is 5.56 Å². The molecule has 16 heavy (non-hydrogen) atoms. The van der Waals surface area contributed by atoms with Crippen LogP contribution in [0.5, 0.6) is 0 Å². The van der Waals surface area contributed by atoms with Crippen molar-refractivity contribution in [1.29, 1.82) is 0 Å². The predicted molar refractivity (Wildman–Crippen MR) is 57.1 cm³/mol. The van der Waals surface area contributed by atoms with Gasteiger partial charge in [0.1, 0.15) is 5.82 Å². The average Bonchev–Trinajstić information content (AvgIpc) is 2.23. The fourth-order valence-corrected chi connectivity index (χ4v) is 1.43. The van der Waals surface area contributed by atoms with Crippen LogP contribution >= 0.6 is 11.6 Å². The summed E-state index contributed by atoms with van der Waals surface area (Å²) < 4.78 is 17.7. The summed E-state index contributed by atoms with van der Waals surface area (Å²) in [6, 6.07) is 2.24. The Balaban J connectivity index is 3.09. The van der Waals surface area contributed by atoms with Crippen LogP contribution in [0.15, 0.2) is 12.1 Å². The van der Waals surface area contributed by atoms with Gasteiger partial charge < -0.3 is 4.74 Å². The Morgan fingerprint density at radius 3 is 2.62 bits per heavy atom. The number of halogens is 2. The minimum atomic E-state index is -1.03. The molecular weight excluding hydrogens is 235 g/mol. The second kappa shape index (κ2) is 5.07. The normalized spacial score (nSPS) is 10.0. The number of aryl methyl sites for hydroxylation is 1. The molecule has 0 spiro atoms. The van der Waals surface area contributed by atoms with Crippen LogP contribution in [0.1, 0.15) is 22.8 Å². The highest BCUT2D eigenvalue weighted by molar-refractivity contribution is 6.45. The van der Waals surface area contributed by atoms with Gasteiger partial charge in [-0.25, -0.2) is 9.18 Å². The largest absolute Gasteiger partial charge is 0.460 e. The van der Waals surface area contributed by atoms with Gasteiger partial charge in [0.05, 0.1) is 17.2 Å². The van der Waals surface area contributed by atoms with Crippen LogP contribution in [-0.4, -0.2) is 18.4 Å². The standard InChI is InChI=1S/C11H10ClFO3/c1-3-16-11(15)10(14)7-5-9(13)6(2)4-8(7)12/h4-5H,3H2,1-2H3. The van der Waals surface area contributed by atoms with E-state index in [2.05, 4.69) is 4.74 Å². The van der Waals surface area contributed by atoms with Gasteiger partial charge >= 0.3 is 5.97 Å². The van der Waals surface area contributed by atoms with Crippen molar-refractivity contribution in [3.05, 3.63) is 34.1 Å². The summed E-state index contributed by atoms with van der Waals surface area (Å²) in [5, 5.41) is 0.0388. The molecule has 0 aliphatic rings. The zero-order valence-electron chi connectivity index (χ0n) is 8.84. The van der Waals surface area contributed by atoms with Crippen LogP contribution in [0.3, 0.4) is 0 Å². The summed E-state index contributed by atoms with van der Waals surface area (Å²) in [5.74, 6) is -2.56. The van der Waals surface area contributed by atoms with Gasteiger partial charge in [-0.2, -0.15) is 0 Å². The molecule has 0 unspecified atom stereocenters. The van der Waals surface area contributed by atoms with E-state index in [-0.39, 0.29) is 17.2 Å². The van der Waals surface area contributed by atoms with Crippen LogP contribution in [0, 0.1) is 12.7 Å². The molecule has 0 heterocycles. The van der Waals surface area contributed by atoms with Crippen LogP contribution in [0.25, 0.3) is 0 Å². The Morgan fingerprint density at radius 1 is 1.44 bits per heavy atom. The van der Waals surface area contributed by atoms with Gasteiger partial charge in [0.25, 0.3) is 5.78 Å². The van der Waals surface area contributed by atoms with Gasteiger partial charge in [-0.3, -0.25) is 4.79 Å². The van der Waals surface area contributed by atoms with Gasteiger partial charge in [-0.15, -0.1) is 0 Å². The second-order valence-electron chi connectivity index (χ2n) is 3.13. The van der Waals surface area contributed by atoms with Crippen molar-refractivity contribution in [3.63, 3.8) is 0 Å². The number of carbonyl (C=O) groups is 2. The number of rotatable bonds is 3. The fourth-order valence-electron chi connectivity index (χ4n) is 1.13. The molecule has 0 amide bonds. The molecule has 86 valence electrons. The maximum absolute atomic E-state index is 13.2. The summed E-state index contributed by atoms with van der Waals surface area (Å²) in [7, 11) is 0. The number of benzene rings is 1. The highest BCUT2D eigenvalue weighted by Crippen LogP contribution is 2.21. The molecule has 5 heteroatoms. The number of esters is 1. The van der Waals surface area contributed by atoms with Crippen molar-refractivity contribution in [2.45, 2.75) is 13.8 Å². The monoisotopic (exact) mass is 244 g/mol. The first-order valence-corrected chi connectivity index (χ1v) is 5.02. The highest BCUT2D eigenvalue weighted by atomic mass is 35.5. The molecule has 1 aromatic rings. The molecule has 0 saturated carbocycles. The Kier molecular flexibility index (Phi) is 4.01. The van der Waals surface area contributed by atoms with E-state index in [9.17, 15) is 14.0 Å². The topological polar surface area (TPSA) is 43.4 Å². The van der Waals surface area contributed by atoms with Crippen molar-refractivity contribution in [1.82, 2.24) is 0 Å². The Hall–Kier alpha value is -1.42. The van der Waals surface area contributed by atoms with E-state index in [4.69, 9.17) is 11.6 Å². The lowest BCUT2D eigenvalue weighted by Crippen LogP contribution is -2.18. The summed E-state index contributed by atoms with van der Waals surface area (Å²) in [5.41, 5.74) is 0.133. The molecule has 0 saturated heterocycles. The average molecular weight is 245 g/mol. The van der Waals surface area contributed by atoms with Gasteiger partial charge in [0, 0.05) is 0 Å². The number of carbonyl (C=O) groups excluding carboxylic acids is 2. The molecule has 0 N–H and O–H groups in total. The first-order chi connectivity index (χ1) is 7.47. The predicted octanol–water partition coefficient (Wildman–Crippen LogP) is 2.53. The summed E-state index contributed by atoms with van der Waals surface area (Å²) in [6.45, 7) is 3.17. The van der Waals surface area contributed by atoms with Crippen molar-refractivity contribution in [3.8, 4) is 0 Å². The van der Waals surface area contributed by atoms with E-state index in [0.717, 1.165) is 6.07 Å². The third-order valence-electron chi connectivity index (χ3n) is 1.95. The van der Waals surface area contributed by atoms with Crippen LogP contribution < -0.4 is 0 Å². The Bertz CT molecular complexity index is 443. The van der Waals surface area contributed by atoms with E-state index >= 15 is 0 Å². The van der Waals surface area contributed by atoms with E-state index in [1.807, 2.05) is 0 Å². The minimum absolute atomic E-state index is 0.0388. The molecule has 0 aromatic heterocycles. The number of ketones is 1. The van der Waals surface area contributed by atoms with Crippen LogP contribution in [-0.2, 0) is 9.53 Å². The maximum atomic E-state index is 13.2. The highest BCUT2D eigenvalue weighted by Gasteiger charge is 2.21. The van der Waals surface area contributed by atoms with Gasteiger partial charge in [0.15, 0.2) is 0 Å². The summed E-state index contributed by atoms with van der Waals surface area (Å²) >= 11 is 5.75. The number of ether oxygens (including phenoxy) is 1. The lowest BCUT2D eigenvalue weighted by Gasteiger charge is -2.05. The Morgan fingerprint density at radius 2 is 2.06 bits per heavy atom. The summed E-state index contributed by atoms with van der Waals surface area (Å²) in [6.07, 6.45) is 0. The molecule has 0 bridgehead atoms. The van der Waals surface area contributed by atoms with Crippen LogP contribution in [0.4, 0.5) is 4.39 Å². The van der Waals surface area contributed by atoms with Crippen molar-refractivity contribution in [2.75, 3.05) is 6.61 Å². The molecule has 1 rings (SSSR count). The quantitative estimate of drug-likeness (QED) is 0.466. The van der Waals surface area contributed by atoms with Gasteiger partial charge in [-0.1, -0.05) is 11.6 Å². The third-order valence-corrected chi connectivity index (χ3v) is 2.27. The first-order valence-electron chi connectivity index (χ1n) is 4.64.